The molecule has 2 N–H and O–H groups in total. The summed E-state index contributed by atoms with van der Waals surface area (Å²) in [5.74, 6) is 0. The van der Waals surface area contributed by atoms with Gasteiger partial charge in [-0.15, -0.1) is 0 Å². The maximum absolute atomic E-state index is 5.78. The van der Waals surface area contributed by atoms with Gasteiger partial charge in [0.2, 0.25) is 0 Å². The minimum absolute atomic E-state index is 0.663. The summed E-state index contributed by atoms with van der Waals surface area (Å²) in [7, 11) is 1.61. The first-order chi connectivity index (χ1) is 6.22. The predicted molar refractivity (Wildman–Crippen MR) is 55.3 cm³/mol. The summed E-state index contributed by atoms with van der Waals surface area (Å²) in [4.78, 5) is 4.26. The van der Waals surface area contributed by atoms with Gasteiger partial charge in [0.25, 0.3) is 5.19 Å². The van der Waals surface area contributed by atoms with Crippen LogP contribution in [0.2, 0.25) is 0 Å². The van der Waals surface area contributed by atoms with Gasteiger partial charge in [-0.25, -0.2) is 4.98 Å². The molecular formula is C9H10N2OS. The molecule has 0 unspecified atom stereocenters. The van der Waals surface area contributed by atoms with Crippen LogP contribution >= 0.6 is 11.3 Å². The van der Waals surface area contributed by atoms with E-state index < -0.39 is 0 Å². The number of benzene rings is 1. The number of hydrogen-bond donors (Lipinski definition) is 1. The Morgan fingerprint density at radius 2 is 2.23 bits per heavy atom. The molecule has 0 aliphatic rings. The summed E-state index contributed by atoms with van der Waals surface area (Å²) in [5.41, 5.74) is 8.52. The van der Waals surface area contributed by atoms with E-state index in [4.69, 9.17) is 10.5 Å². The number of nitrogen functional groups attached to an aromatic ring is 1. The number of fused-ring (bicyclic) bond motifs is 1. The Morgan fingerprint density at radius 3 is 2.85 bits per heavy atom. The number of aromatic nitrogens is 1. The second-order valence-corrected chi connectivity index (χ2v) is 3.79. The summed E-state index contributed by atoms with van der Waals surface area (Å²) in [6, 6.07) is 3.87. The first kappa shape index (κ1) is 8.31. The van der Waals surface area contributed by atoms with E-state index in [1.807, 2.05) is 19.1 Å². The molecular weight excluding hydrogens is 184 g/mol. The van der Waals surface area contributed by atoms with Gasteiger partial charge in [0, 0.05) is 0 Å². The SMILES string of the molecule is COc1nc2c(N)ccc(C)c2s1. The third-order valence-electron chi connectivity index (χ3n) is 1.93. The number of methoxy groups -OCH3 is 1. The van der Waals surface area contributed by atoms with E-state index in [9.17, 15) is 0 Å². The van der Waals surface area contributed by atoms with Crippen molar-refractivity contribution in [2.75, 3.05) is 12.8 Å². The number of nitrogens with zero attached hydrogens (tertiary/aromatic N) is 1. The Hall–Kier alpha value is -1.29. The Kier molecular flexibility index (Phi) is 1.84. The third kappa shape index (κ3) is 1.23. The van der Waals surface area contributed by atoms with Gasteiger partial charge in [-0.1, -0.05) is 17.4 Å². The van der Waals surface area contributed by atoms with E-state index in [0.29, 0.717) is 10.9 Å². The highest BCUT2D eigenvalue weighted by Crippen LogP contribution is 2.33. The van der Waals surface area contributed by atoms with Crippen molar-refractivity contribution in [3.05, 3.63) is 17.7 Å². The van der Waals surface area contributed by atoms with Crippen LogP contribution in [0.4, 0.5) is 5.69 Å². The highest BCUT2D eigenvalue weighted by molar-refractivity contribution is 7.20. The van der Waals surface area contributed by atoms with Gasteiger partial charge in [-0.05, 0) is 18.6 Å². The largest absolute Gasteiger partial charge is 0.473 e. The Balaban J connectivity index is 2.80. The molecule has 0 radical (unpaired) electrons. The van der Waals surface area contributed by atoms with Crippen molar-refractivity contribution in [3.63, 3.8) is 0 Å². The molecule has 0 atom stereocenters. The lowest BCUT2D eigenvalue weighted by molar-refractivity contribution is 0.413. The zero-order chi connectivity index (χ0) is 9.42. The molecule has 0 bridgehead atoms. The minimum atomic E-state index is 0.663. The molecule has 0 amide bonds. The van der Waals surface area contributed by atoms with E-state index in [1.165, 1.54) is 16.9 Å². The Labute approximate surface area is 80.2 Å². The summed E-state index contributed by atoms with van der Waals surface area (Å²) < 4.78 is 6.17. The average molecular weight is 194 g/mol. The van der Waals surface area contributed by atoms with Crippen LogP contribution in [0.15, 0.2) is 12.1 Å². The van der Waals surface area contributed by atoms with Gasteiger partial charge in [-0.3, -0.25) is 0 Å². The molecule has 0 spiro atoms. The maximum Gasteiger partial charge on any atom is 0.274 e. The molecule has 0 fully saturated rings. The lowest BCUT2D eigenvalue weighted by atomic mass is 10.2. The molecule has 2 rings (SSSR count). The van der Waals surface area contributed by atoms with Gasteiger partial charge in [-0.2, -0.15) is 0 Å². The molecule has 3 nitrogen and oxygen atoms in total. The summed E-state index contributed by atoms with van der Waals surface area (Å²) in [6.45, 7) is 2.04. The van der Waals surface area contributed by atoms with E-state index >= 15 is 0 Å². The van der Waals surface area contributed by atoms with Crippen LogP contribution in [0.5, 0.6) is 5.19 Å². The molecule has 0 saturated heterocycles. The van der Waals surface area contributed by atoms with E-state index in [0.717, 1.165) is 10.2 Å². The van der Waals surface area contributed by atoms with Crippen LogP contribution in [0, 0.1) is 6.92 Å². The molecule has 4 heteroatoms. The zero-order valence-electron chi connectivity index (χ0n) is 7.50. The minimum Gasteiger partial charge on any atom is -0.473 e. The van der Waals surface area contributed by atoms with E-state index in [-0.39, 0.29) is 0 Å². The normalized spacial score (nSPS) is 10.6. The van der Waals surface area contributed by atoms with Crippen molar-refractivity contribution in [2.24, 2.45) is 0 Å². The summed E-state index contributed by atoms with van der Waals surface area (Å²) in [5, 5.41) is 0.663. The highest BCUT2D eigenvalue weighted by Gasteiger charge is 2.08. The number of ether oxygens (including phenoxy) is 1. The summed E-state index contributed by atoms with van der Waals surface area (Å²) in [6.07, 6.45) is 0. The molecule has 1 aromatic heterocycles. The van der Waals surface area contributed by atoms with Crippen molar-refractivity contribution < 1.29 is 4.74 Å². The number of anilines is 1. The molecule has 0 aliphatic carbocycles. The second kappa shape index (κ2) is 2.88. The van der Waals surface area contributed by atoms with Crippen LogP contribution in [-0.2, 0) is 0 Å². The fourth-order valence-corrected chi connectivity index (χ4v) is 2.10. The van der Waals surface area contributed by atoms with E-state index in [2.05, 4.69) is 4.98 Å². The fourth-order valence-electron chi connectivity index (χ4n) is 1.22. The van der Waals surface area contributed by atoms with Crippen molar-refractivity contribution in [3.8, 4) is 5.19 Å². The average Bonchev–Trinajstić information content (AvgIpc) is 2.56. The molecule has 2 aromatic rings. The van der Waals surface area contributed by atoms with Gasteiger partial charge in [0.15, 0.2) is 0 Å². The lowest BCUT2D eigenvalue weighted by Gasteiger charge is -1.95. The van der Waals surface area contributed by atoms with Crippen molar-refractivity contribution >= 4 is 27.2 Å². The Bertz CT molecular complexity index is 411. The van der Waals surface area contributed by atoms with E-state index in [1.54, 1.807) is 7.11 Å². The first-order valence-corrected chi connectivity index (χ1v) is 4.73. The molecule has 1 aromatic carbocycles. The molecule has 0 aliphatic heterocycles. The van der Waals surface area contributed by atoms with Crippen LogP contribution in [0.1, 0.15) is 5.56 Å². The van der Waals surface area contributed by atoms with Crippen LogP contribution in [0.3, 0.4) is 0 Å². The first-order valence-electron chi connectivity index (χ1n) is 3.92. The number of thiazole rings is 1. The monoisotopic (exact) mass is 194 g/mol. The van der Waals surface area contributed by atoms with Crippen molar-refractivity contribution in [1.29, 1.82) is 0 Å². The van der Waals surface area contributed by atoms with Crippen LogP contribution < -0.4 is 10.5 Å². The number of hydrogen-bond acceptors (Lipinski definition) is 4. The molecule has 13 heavy (non-hydrogen) atoms. The number of aryl methyl sites for hydroxylation is 1. The molecule has 68 valence electrons. The molecule has 0 saturated carbocycles. The molecule has 1 heterocycles. The highest BCUT2D eigenvalue weighted by atomic mass is 32.1. The van der Waals surface area contributed by atoms with Gasteiger partial charge >= 0.3 is 0 Å². The number of rotatable bonds is 1. The predicted octanol–water partition coefficient (Wildman–Crippen LogP) is 2.20. The van der Waals surface area contributed by atoms with Gasteiger partial charge < -0.3 is 10.5 Å². The standard InChI is InChI=1S/C9H10N2OS/c1-5-3-4-6(10)7-8(5)13-9(11-7)12-2/h3-4H,10H2,1-2H3. The quantitative estimate of drug-likeness (QED) is 0.708. The van der Waals surface area contributed by atoms with Gasteiger partial charge in [0.05, 0.1) is 17.5 Å². The second-order valence-electron chi connectivity index (χ2n) is 2.83. The lowest BCUT2D eigenvalue weighted by Crippen LogP contribution is -1.87. The number of nitrogens with two attached hydrogens (primary N) is 1. The van der Waals surface area contributed by atoms with Crippen molar-refractivity contribution in [1.82, 2.24) is 4.98 Å². The van der Waals surface area contributed by atoms with Crippen LogP contribution in [-0.4, -0.2) is 12.1 Å². The third-order valence-corrected chi connectivity index (χ3v) is 3.08. The fraction of sp³-hybridized carbons (Fsp3) is 0.222. The zero-order valence-corrected chi connectivity index (χ0v) is 8.31. The topological polar surface area (TPSA) is 48.1 Å². The smallest absolute Gasteiger partial charge is 0.274 e. The summed E-state index contributed by atoms with van der Waals surface area (Å²) >= 11 is 1.52. The maximum atomic E-state index is 5.78. The van der Waals surface area contributed by atoms with Crippen LogP contribution in [0.25, 0.3) is 10.2 Å². The Morgan fingerprint density at radius 1 is 1.46 bits per heavy atom. The van der Waals surface area contributed by atoms with Crippen molar-refractivity contribution in [2.45, 2.75) is 6.92 Å². The van der Waals surface area contributed by atoms with Gasteiger partial charge in [0.1, 0.15) is 5.52 Å².